The van der Waals surface area contributed by atoms with Crippen molar-refractivity contribution in [2.24, 2.45) is 0 Å². The molecule has 3 N–H and O–H groups in total. The number of carbonyl (C=O) groups excluding carboxylic acids is 1. The van der Waals surface area contributed by atoms with Crippen LogP contribution in [0.5, 0.6) is 0 Å². The third-order valence-electron chi connectivity index (χ3n) is 7.02. The number of hydrogen-bond acceptors (Lipinski definition) is 7. The van der Waals surface area contributed by atoms with Crippen LogP contribution in [-0.2, 0) is 13.1 Å². The van der Waals surface area contributed by atoms with Gasteiger partial charge < -0.3 is 15.5 Å². The van der Waals surface area contributed by atoms with Crippen molar-refractivity contribution in [1.82, 2.24) is 34.4 Å². The normalized spacial score (nSPS) is 18.1. The number of para-hydroxylation sites is 1. The number of aliphatic hydroxyl groups is 2. The Morgan fingerprint density at radius 1 is 1.07 bits per heavy atom. The van der Waals surface area contributed by atoms with Gasteiger partial charge in [-0.05, 0) is 62.1 Å². The fourth-order valence-corrected chi connectivity index (χ4v) is 4.89. The Hall–Kier alpha value is -4.01. The van der Waals surface area contributed by atoms with E-state index in [4.69, 9.17) is 11.6 Å². The third kappa shape index (κ3) is 6.55. The van der Waals surface area contributed by atoms with Gasteiger partial charge in [-0.3, -0.25) is 9.36 Å². The number of benzene rings is 2. The average Bonchev–Trinajstić information content (AvgIpc) is 3.55. The largest absolute Gasteiger partial charge is 0.416 e. The van der Waals surface area contributed by atoms with Gasteiger partial charge in [0.05, 0.1) is 23.9 Å². The lowest BCUT2D eigenvalue weighted by Gasteiger charge is -2.26. The molecule has 0 saturated heterocycles. The summed E-state index contributed by atoms with van der Waals surface area (Å²) >= 11 is 5.93. The molecule has 1 atom stereocenters. The molecule has 42 heavy (non-hydrogen) atoms. The molecule has 1 amide bonds. The van der Waals surface area contributed by atoms with E-state index in [2.05, 4.69) is 20.5 Å². The van der Waals surface area contributed by atoms with Gasteiger partial charge >= 0.3 is 11.9 Å². The second-order valence-electron chi connectivity index (χ2n) is 10.0. The molecule has 222 valence electrons. The average molecular weight is 606 g/mol. The van der Waals surface area contributed by atoms with Gasteiger partial charge in [-0.2, -0.15) is 13.2 Å². The lowest BCUT2D eigenvalue weighted by Crippen LogP contribution is -2.38. The summed E-state index contributed by atoms with van der Waals surface area (Å²) < 4.78 is 42.4. The first-order valence-corrected chi connectivity index (χ1v) is 13.5. The lowest BCUT2D eigenvalue weighted by atomic mass is 9.93. The molecule has 1 aliphatic rings. The van der Waals surface area contributed by atoms with E-state index in [0.717, 1.165) is 9.25 Å². The monoisotopic (exact) mass is 605 g/mol. The molecule has 4 aromatic rings. The topological polar surface area (TPSA) is 140 Å². The molecular formula is C27H27ClF3N7O4. The van der Waals surface area contributed by atoms with E-state index in [9.17, 15) is 33.0 Å². The molecule has 0 bridgehead atoms. The minimum absolute atomic E-state index is 0.0621. The summed E-state index contributed by atoms with van der Waals surface area (Å²) in [6.07, 6.45) is -4.17. The Labute approximate surface area is 242 Å². The van der Waals surface area contributed by atoms with E-state index >= 15 is 0 Å². The molecule has 2 aromatic heterocycles. The number of alkyl halides is 3. The molecule has 11 nitrogen and oxygen atoms in total. The van der Waals surface area contributed by atoms with E-state index in [1.54, 1.807) is 24.3 Å². The maximum absolute atomic E-state index is 13.2. The molecule has 0 radical (unpaired) electrons. The smallest absolute Gasteiger partial charge is 0.393 e. The zero-order valence-electron chi connectivity index (χ0n) is 22.1. The van der Waals surface area contributed by atoms with Crippen LogP contribution in [0.25, 0.3) is 17.1 Å². The van der Waals surface area contributed by atoms with Gasteiger partial charge in [0.1, 0.15) is 12.9 Å². The van der Waals surface area contributed by atoms with Gasteiger partial charge in [0, 0.05) is 16.6 Å². The predicted molar refractivity (Wildman–Crippen MR) is 145 cm³/mol. The molecule has 1 aliphatic carbocycles. The van der Waals surface area contributed by atoms with Gasteiger partial charge in [0.25, 0.3) is 5.91 Å². The van der Waals surface area contributed by atoms with Crippen LogP contribution >= 0.6 is 11.6 Å². The van der Waals surface area contributed by atoms with Crippen LogP contribution < -0.4 is 11.0 Å². The van der Waals surface area contributed by atoms with Crippen LogP contribution in [-0.4, -0.2) is 69.7 Å². The van der Waals surface area contributed by atoms with Gasteiger partial charge in [-0.15, -0.1) is 10.2 Å². The van der Waals surface area contributed by atoms with Crippen LogP contribution in [0.2, 0.25) is 5.02 Å². The van der Waals surface area contributed by atoms with Crippen molar-refractivity contribution in [1.29, 1.82) is 0 Å². The van der Waals surface area contributed by atoms with Gasteiger partial charge in [0.2, 0.25) is 0 Å². The van der Waals surface area contributed by atoms with E-state index in [0.29, 0.717) is 47.5 Å². The minimum atomic E-state index is -4.95. The summed E-state index contributed by atoms with van der Waals surface area (Å²) in [5.74, 6) is -0.302. The fourth-order valence-electron chi connectivity index (χ4n) is 4.77. The number of rotatable bonds is 8. The lowest BCUT2D eigenvalue weighted by molar-refractivity contribution is -0.207. The number of amides is 1. The molecule has 1 saturated carbocycles. The highest BCUT2D eigenvalue weighted by Crippen LogP contribution is 2.24. The van der Waals surface area contributed by atoms with E-state index in [1.807, 2.05) is 0 Å². The SMILES string of the molecule is O=C(NC1CCC(O)CC1)c1ccccc1-n1cnc(Cn2nc(-c3ccc(Cl)cc3)n(C[C@H](O)C(F)(F)F)c2=O)n1. The van der Waals surface area contributed by atoms with E-state index in [1.165, 1.54) is 35.3 Å². The van der Waals surface area contributed by atoms with Crippen molar-refractivity contribution in [3.63, 3.8) is 0 Å². The number of nitrogens with one attached hydrogen (secondary N) is 1. The summed E-state index contributed by atoms with van der Waals surface area (Å²) in [5, 5.41) is 31.4. The first-order chi connectivity index (χ1) is 20.0. The van der Waals surface area contributed by atoms with Crippen LogP contribution in [0.1, 0.15) is 41.9 Å². The summed E-state index contributed by atoms with van der Waals surface area (Å²) in [4.78, 5) is 30.5. The summed E-state index contributed by atoms with van der Waals surface area (Å²) in [6.45, 7) is -1.36. The first-order valence-electron chi connectivity index (χ1n) is 13.2. The molecular weight excluding hydrogens is 579 g/mol. The highest BCUT2D eigenvalue weighted by atomic mass is 35.5. The molecule has 5 rings (SSSR count). The van der Waals surface area contributed by atoms with E-state index < -0.39 is 24.5 Å². The first kappa shape index (κ1) is 29.5. The molecule has 1 fully saturated rings. The third-order valence-corrected chi connectivity index (χ3v) is 7.27. The number of halogens is 4. The number of nitrogens with zero attached hydrogens (tertiary/aromatic N) is 6. The van der Waals surface area contributed by atoms with E-state index in [-0.39, 0.29) is 36.2 Å². The predicted octanol–water partition coefficient (Wildman–Crippen LogP) is 2.95. The molecule has 2 heterocycles. The van der Waals surface area contributed by atoms with Gasteiger partial charge in [0.15, 0.2) is 17.8 Å². The summed E-state index contributed by atoms with van der Waals surface area (Å²) in [6, 6.07) is 12.7. The Kier molecular flexibility index (Phi) is 8.48. The highest BCUT2D eigenvalue weighted by Gasteiger charge is 2.39. The van der Waals surface area contributed by atoms with Crippen LogP contribution in [0.3, 0.4) is 0 Å². The maximum atomic E-state index is 13.2. The Morgan fingerprint density at radius 3 is 2.45 bits per heavy atom. The second-order valence-corrected chi connectivity index (χ2v) is 10.5. The van der Waals surface area contributed by atoms with Crippen molar-refractivity contribution in [2.75, 3.05) is 0 Å². The van der Waals surface area contributed by atoms with Gasteiger partial charge in [-0.1, -0.05) is 23.7 Å². The number of carbonyl (C=O) groups is 1. The molecule has 0 aliphatic heterocycles. The van der Waals surface area contributed by atoms with Gasteiger partial charge in [-0.25, -0.2) is 19.1 Å². The Morgan fingerprint density at radius 2 is 1.76 bits per heavy atom. The van der Waals surface area contributed by atoms with Crippen LogP contribution in [0, 0.1) is 0 Å². The molecule has 0 spiro atoms. The standard InChI is InChI=1S/C27H27ClF3N7O4/c28-17-7-5-16(6-8-17)24-35-37(26(42)36(24)13-22(40)27(29,30)31)14-23-32-15-38(34-23)21-4-2-1-3-20(21)25(41)33-18-9-11-19(39)12-10-18/h1-8,15,18-19,22,39-40H,9-14H2,(H,33,41)/t18?,19?,22-/m0/s1. The highest BCUT2D eigenvalue weighted by molar-refractivity contribution is 6.30. The van der Waals surface area contributed by atoms with Crippen molar-refractivity contribution in [3.8, 4) is 17.1 Å². The zero-order valence-corrected chi connectivity index (χ0v) is 22.8. The number of aliphatic hydroxyl groups excluding tert-OH is 2. The summed E-state index contributed by atoms with van der Waals surface area (Å²) in [5.41, 5.74) is 0.179. The fraction of sp³-hybridized carbons (Fsp3) is 0.370. The maximum Gasteiger partial charge on any atom is 0.416 e. The van der Waals surface area contributed by atoms with Crippen molar-refractivity contribution >= 4 is 17.5 Å². The second kappa shape index (κ2) is 12.1. The van der Waals surface area contributed by atoms with Crippen molar-refractivity contribution in [2.45, 2.75) is 63.2 Å². The van der Waals surface area contributed by atoms with Crippen molar-refractivity contribution < 1.29 is 28.2 Å². The van der Waals surface area contributed by atoms with Crippen molar-refractivity contribution in [3.05, 3.63) is 81.8 Å². The number of aromatic nitrogens is 6. The Balaban J connectivity index is 1.41. The van der Waals surface area contributed by atoms with Crippen LogP contribution in [0.15, 0.2) is 59.7 Å². The quantitative estimate of drug-likeness (QED) is 0.281. The van der Waals surface area contributed by atoms with Crippen LogP contribution in [0.4, 0.5) is 13.2 Å². The molecule has 0 unspecified atom stereocenters. The minimum Gasteiger partial charge on any atom is -0.393 e. The number of hydrogen-bond donors (Lipinski definition) is 3. The zero-order chi connectivity index (χ0) is 30.0. The molecule has 2 aromatic carbocycles. The molecule has 15 heteroatoms. The summed E-state index contributed by atoms with van der Waals surface area (Å²) in [7, 11) is 0. The Bertz CT molecular complexity index is 1610.